The highest BCUT2D eigenvalue weighted by Gasteiger charge is 2.16. The van der Waals surface area contributed by atoms with Gasteiger partial charge in [-0.1, -0.05) is 6.07 Å². The molecule has 2 rings (SSSR count). The van der Waals surface area contributed by atoms with Crippen LogP contribution in [-0.2, 0) is 9.47 Å². The molecule has 1 aliphatic rings. The van der Waals surface area contributed by atoms with Crippen LogP contribution >= 0.6 is 0 Å². The lowest BCUT2D eigenvalue weighted by Gasteiger charge is -2.17. The Balaban J connectivity index is 2.02. The van der Waals surface area contributed by atoms with Gasteiger partial charge in [-0.15, -0.1) is 0 Å². The van der Waals surface area contributed by atoms with Crippen molar-refractivity contribution >= 4 is 5.69 Å². The van der Waals surface area contributed by atoms with E-state index in [0.717, 1.165) is 31.1 Å². The van der Waals surface area contributed by atoms with Gasteiger partial charge < -0.3 is 19.5 Å². The molecular formula is C14H21NO3. The molecular weight excluding hydrogens is 230 g/mol. The van der Waals surface area contributed by atoms with Crippen molar-refractivity contribution < 1.29 is 14.2 Å². The number of anilines is 1. The third kappa shape index (κ3) is 3.62. The highest BCUT2D eigenvalue weighted by Crippen LogP contribution is 2.27. The van der Waals surface area contributed by atoms with E-state index in [1.807, 2.05) is 6.07 Å². The first-order valence-corrected chi connectivity index (χ1v) is 6.36. The van der Waals surface area contributed by atoms with E-state index in [0.29, 0.717) is 19.3 Å². The molecule has 0 spiro atoms. The molecule has 0 bridgehead atoms. The van der Waals surface area contributed by atoms with Gasteiger partial charge in [0.15, 0.2) is 0 Å². The molecule has 1 saturated heterocycles. The number of nitrogens with one attached hydrogen (secondary N) is 1. The first-order chi connectivity index (χ1) is 8.79. The summed E-state index contributed by atoms with van der Waals surface area (Å²) in [7, 11) is 1.68. The summed E-state index contributed by atoms with van der Waals surface area (Å²) >= 11 is 0. The van der Waals surface area contributed by atoms with Gasteiger partial charge in [0, 0.05) is 13.7 Å². The molecule has 0 radical (unpaired) electrons. The van der Waals surface area contributed by atoms with E-state index in [2.05, 4.69) is 24.4 Å². The Morgan fingerprint density at radius 3 is 3.00 bits per heavy atom. The van der Waals surface area contributed by atoms with E-state index in [-0.39, 0.29) is 0 Å². The quantitative estimate of drug-likeness (QED) is 0.787. The predicted molar refractivity (Wildman–Crippen MR) is 71.4 cm³/mol. The van der Waals surface area contributed by atoms with Crippen LogP contribution in [-0.4, -0.2) is 39.6 Å². The molecule has 4 nitrogen and oxygen atoms in total. The molecule has 100 valence electrons. The zero-order chi connectivity index (χ0) is 12.8. The van der Waals surface area contributed by atoms with Crippen LogP contribution in [0.4, 0.5) is 5.69 Å². The fourth-order valence-corrected chi connectivity index (χ4v) is 1.97. The van der Waals surface area contributed by atoms with Crippen LogP contribution in [0.25, 0.3) is 0 Å². The Morgan fingerprint density at radius 2 is 2.28 bits per heavy atom. The molecule has 0 aromatic heterocycles. The number of hydrogen-bond acceptors (Lipinski definition) is 4. The van der Waals surface area contributed by atoms with Gasteiger partial charge in [0.2, 0.25) is 0 Å². The summed E-state index contributed by atoms with van der Waals surface area (Å²) in [5.74, 6) is 0.888. The molecule has 4 heteroatoms. The molecule has 1 heterocycles. The van der Waals surface area contributed by atoms with Crippen LogP contribution in [0.3, 0.4) is 0 Å². The van der Waals surface area contributed by atoms with Crippen LogP contribution < -0.4 is 10.1 Å². The van der Waals surface area contributed by atoms with Crippen LogP contribution in [0.5, 0.6) is 5.75 Å². The normalized spacial score (nSPS) is 18.9. The molecule has 0 amide bonds. The maximum Gasteiger partial charge on any atom is 0.142 e. The molecule has 1 atom stereocenters. The highest BCUT2D eigenvalue weighted by atomic mass is 16.5. The summed E-state index contributed by atoms with van der Waals surface area (Å²) < 4.78 is 16.1. The average Bonchev–Trinajstić information content (AvgIpc) is 2.86. The van der Waals surface area contributed by atoms with Crippen LogP contribution in [0.15, 0.2) is 18.2 Å². The fourth-order valence-electron chi connectivity index (χ4n) is 1.97. The Hall–Kier alpha value is -1.26. The van der Waals surface area contributed by atoms with Crippen molar-refractivity contribution in [2.75, 3.05) is 38.9 Å². The van der Waals surface area contributed by atoms with Crippen molar-refractivity contribution in [3.63, 3.8) is 0 Å². The van der Waals surface area contributed by atoms with Crippen molar-refractivity contribution in [1.29, 1.82) is 0 Å². The lowest BCUT2D eigenvalue weighted by atomic mass is 10.2. The van der Waals surface area contributed by atoms with Gasteiger partial charge >= 0.3 is 0 Å². The second-order valence-corrected chi connectivity index (χ2v) is 4.55. The zero-order valence-electron chi connectivity index (χ0n) is 11.1. The monoisotopic (exact) mass is 251 g/mol. The van der Waals surface area contributed by atoms with Crippen molar-refractivity contribution in [2.45, 2.75) is 19.4 Å². The van der Waals surface area contributed by atoms with Crippen LogP contribution in [0, 0.1) is 6.92 Å². The number of ether oxygens (including phenoxy) is 3. The molecule has 1 aromatic rings. The van der Waals surface area contributed by atoms with E-state index >= 15 is 0 Å². The summed E-state index contributed by atoms with van der Waals surface area (Å²) in [6.45, 7) is 4.83. The number of methoxy groups -OCH3 is 1. The average molecular weight is 251 g/mol. The van der Waals surface area contributed by atoms with E-state index in [1.54, 1.807) is 7.11 Å². The van der Waals surface area contributed by atoms with E-state index < -0.39 is 0 Å². The lowest BCUT2D eigenvalue weighted by Crippen LogP contribution is -2.19. The summed E-state index contributed by atoms with van der Waals surface area (Å²) in [4.78, 5) is 0. The summed E-state index contributed by atoms with van der Waals surface area (Å²) in [5.41, 5.74) is 2.22. The van der Waals surface area contributed by atoms with Gasteiger partial charge in [-0.2, -0.15) is 0 Å². The Kier molecular flexibility index (Phi) is 4.84. The van der Waals surface area contributed by atoms with Crippen molar-refractivity contribution in [2.24, 2.45) is 0 Å². The molecule has 1 aromatic carbocycles. The third-order valence-electron chi connectivity index (χ3n) is 2.97. The molecule has 18 heavy (non-hydrogen) atoms. The molecule has 1 fully saturated rings. The van der Waals surface area contributed by atoms with E-state index in [1.165, 1.54) is 5.56 Å². The smallest absolute Gasteiger partial charge is 0.142 e. The van der Waals surface area contributed by atoms with Gasteiger partial charge in [-0.3, -0.25) is 0 Å². The second kappa shape index (κ2) is 6.61. The van der Waals surface area contributed by atoms with Gasteiger partial charge in [-0.25, -0.2) is 0 Å². The first-order valence-electron chi connectivity index (χ1n) is 6.36. The van der Waals surface area contributed by atoms with Crippen molar-refractivity contribution in [1.82, 2.24) is 0 Å². The fraction of sp³-hybridized carbons (Fsp3) is 0.571. The number of rotatable bonds is 6. The van der Waals surface area contributed by atoms with Crippen molar-refractivity contribution in [3.05, 3.63) is 23.8 Å². The first kappa shape index (κ1) is 13.2. The van der Waals surface area contributed by atoms with Gasteiger partial charge in [-0.05, 0) is 31.0 Å². The maximum atomic E-state index is 5.74. The minimum Gasteiger partial charge on any atom is -0.489 e. The second-order valence-electron chi connectivity index (χ2n) is 4.55. The minimum atomic E-state index is 0.387. The molecule has 1 unspecified atom stereocenters. The molecule has 0 saturated carbocycles. The summed E-state index contributed by atoms with van der Waals surface area (Å²) in [6, 6.07) is 6.59. The predicted octanol–water partition coefficient (Wildman–Crippen LogP) is 2.22. The van der Waals surface area contributed by atoms with Gasteiger partial charge in [0.05, 0.1) is 24.9 Å². The third-order valence-corrected chi connectivity index (χ3v) is 2.97. The Bertz CT molecular complexity index is 375. The molecule has 1 aliphatic heterocycles. The van der Waals surface area contributed by atoms with Gasteiger partial charge in [0.25, 0.3) is 0 Å². The van der Waals surface area contributed by atoms with Crippen LogP contribution in [0.2, 0.25) is 0 Å². The standard InChI is InChI=1S/C14H21NO3/c1-11-3-4-13(15-12-5-6-17-10-12)14(9-11)18-8-7-16-2/h3-4,9,12,15H,5-8,10H2,1-2H3. The van der Waals surface area contributed by atoms with Crippen molar-refractivity contribution in [3.8, 4) is 5.75 Å². The topological polar surface area (TPSA) is 39.7 Å². The largest absolute Gasteiger partial charge is 0.489 e. The van der Waals surface area contributed by atoms with E-state index in [9.17, 15) is 0 Å². The van der Waals surface area contributed by atoms with Gasteiger partial charge in [0.1, 0.15) is 12.4 Å². The lowest BCUT2D eigenvalue weighted by molar-refractivity contribution is 0.146. The number of benzene rings is 1. The maximum absolute atomic E-state index is 5.74. The SMILES string of the molecule is COCCOc1cc(C)ccc1NC1CCOC1. The number of aryl methyl sites for hydroxylation is 1. The zero-order valence-corrected chi connectivity index (χ0v) is 11.1. The highest BCUT2D eigenvalue weighted by molar-refractivity contribution is 5.58. The summed E-state index contributed by atoms with van der Waals surface area (Å²) in [5, 5.41) is 3.47. The molecule has 0 aliphatic carbocycles. The Labute approximate surface area is 108 Å². The summed E-state index contributed by atoms with van der Waals surface area (Å²) in [6.07, 6.45) is 1.05. The molecule has 1 N–H and O–H groups in total. The van der Waals surface area contributed by atoms with E-state index in [4.69, 9.17) is 14.2 Å². The number of hydrogen-bond donors (Lipinski definition) is 1. The Morgan fingerprint density at radius 1 is 1.39 bits per heavy atom. The van der Waals surface area contributed by atoms with Crippen LogP contribution in [0.1, 0.15) is 12.0 Å². The minimum absolute atomic E-state index is 0.387.